The predicted octanol–water partition coefficient (Wildman–Crippen LogP) is 4.76. The molecule has 6 rings (SSSR count). The van der Waals surface area contributed by atoms with Crippen LogP contribution in [0, 0.1) is 18.3 Å². The van der Waals surface area contributed by atoms with Crippen molar-refractivity contribution in [2.24, 2.45) is 0 Å². The van der Waals surface area contributed by atoms with Crippen molar-refractivity contribution in [1.82, 2.24) is 30.0 Å². The third-order valence-corrected chi connectivity index (χ3v) is 7.92. The molecule has 10 nitrogen and oxygen atoms in total. The van der Waals surface area contributed by atoms with Gasteiger partial charge >= 0.3 is 0 Å². The smallest absolute Gasteiger partial charge is 0.225 e. The van der Waals surface area contributed by atoms with Gasteiger partial charge in [-0.15, -0.1) is 0 Å². The third kappa shape index (κ3) is 5.49. The van der Waals surface area contributed by atoms with Crippen LogP contribution in [0.1, 0.15) is 43.4 Å². The summed E-state index contributed by atoms with van der Waals surface area (Å²) < 4.78 is 0. The Morgan fingerprint density at radius 3 is 2.72 bits per heavy atom. The lowest BCUT2D eigenvalue weighted by molar-refractivity contribution is 0.135. The van der Waals surface area contributed by atoms with Crippen LogP contribution in [0.5, 0.6) is 0 Å². The second kappa shape index (κ2) is 10.9. The number of H-pyrrole nitrogens is 1. The van der Waals surface area contributed by atoms with Crippen LogP contribution in [0.25, 0.3) is 10.9 Å². The van der Waals surface area contributed by atoms with Crippen molar-refractivity contribution >= 4 is 34.2 Å². The summed E-state index contributed by atoms with van der Waals surface area (Å²) >= 11 is 0. The van der Waals surface area contributed by atoms with Crippen LogP contribution in [0.15, 0.2) is 48.8 Å². The highest BCUT2D eigenvalue weighted by molar-refractivity contribution is 5.93. The van der Waals surface area contributed by atoms with E-state index in [1.807, 2.05) is 25.3 Å². The molecule has 200 valence electrons. The lowest BCUT2D eigenvalue weighted by Gasteiger charge is -2.38. The number of nitrogens with one attached hydrogen (secondary N) is 3. The monoisotopic (exact) mass is 522 g/mol. The molecule has 2 aliphatic heterocycles. The van der Waals surface area contributed by atoms with Gasteiger partial charge in [-0.25, -0.2) is 4.98 Å². The number of hydrogen-bond acceptors (Lipinski definition) is 9. The molecule has 0 saturated carbocycles. The molecule has 2 aliphatic rings. The number of benzene rings is 1. The van der Waals surface area contributed by atoms with Gasteiger partial charge in [0, 0.05) is 79.9 Å². The summed E-state index contributed by atoms with van der Waals surface area (Å²) in [5.74, 6) is 2.07. The molecule has 3 N–H and O–H groups in total. The Balaban J connectivity index is 1.28. The SMILES string of the molecule is Cc1cc(Nc2nc(NC3CC4CCC(C3)N4CCC#N)nc3cc(N(C)Cc4cccnc4)ccc23)n[nH]1. The number of nitriles is 1. The standard InChI is InChI=1S/C29H34N10/c1-19-13-27(37-36-19)34-28-25-9-8-22(38(2)18-20-5-3-11-31-17-20)16-26(25)33-29(35-28)32-21-14-23-6-7-24(15-21)39(23)12-4-10-30/h3,5,8-9,11,13,16-17,21,23-24H,4,6-7,12,14-15,18H2,1-2H3,(H3,32,33,34,35,36,37). The second-order valence-electron chi connectivity index (χ2n) is 10.7. The highest BCUT2D eigenvalue weighted by Gasteiger charge is 2.40. The molecule has 2 unspecified atom stereocenters. The van der Waals surface area contributed by atoms with Gasteiger partial charge in [-0.3, -0.25) is 15.0 Å². The van der Waals surface area contributed by atoms with Gasteiger partial charge in [0.05, 0.1) is 11.6 Å². The predicted molar refractivity (Wildman–Crippen MR) is 153 cm³/mol. The van der Waals surface area contributed by atoms with Crippen molar-refractivity contribution in [1.29, 1.82) is 5.26 Å². The van der Waals surface area contributed by atoms with E-state index in [2.05, 4.69) is 73.0 Å². The molecule has 0 spiro atoms. The maximum Gasteiger partial charge on any atom is 0.225 e. The fourth-order valence-corrected chi connectivity index (χ4v) is 6.09. The number of pyridine rings is 1. The number of rotatable bonds is 9. The minimum absolute atomic E-state index is 0.301. The third-order valence-electron chi connectivity index (χ3n) is 7.92. The largest absolute Gasteiger partial charge is 0.370 e. The van der Waals surface area contributed by atoms with Gasteiger partial charge in [-0.1, -0.05) is 6.07 Å². The number of aryl methyl sites for hydroxylation is 1. The van der Waals surface area contributed by atoms with Crippen molar-refractivity contribution in [3.05, 3.63) is 60.0 Å². The van der Waals surface area contributed by atoms with Crippen LogP contribution in [0.3, 0.4) is 0 Å². The maximum atomic E-state index is 9.06. The first-order valence-electron chi connectivity index (χ1n) is 13.7. The molecule has 2 fully saturated rings. The normalized spacial score (nSPS) is 20.6. The second-order valence-corrected chi connectivity index (χ2v) is 10.7. The van der Waals surface area contributed by atoms with E-state index in [1.165, 1.54) is 12.8 Å². The number of nitrogens with zero attached hydrogens (tertiary/aromatic N) is 7. The molecule has 2 saturated heterocycles. The first-order chi connectivity index (χ1) is 19.1. The molecule has 0 radical (unpaired) electrons. The Hall–Kier alpha value is -4.23. The summed E-state index contributed by atoms with van der Waals surface area (Å²) in [6.07, 6.45) is 8.77. The maximum absolute atomic E-state index is 9.06. The molecule has 39 heavy (non-hydrogen) atoms. The first kappa shape index (κ1) is 25.1. The minimum Gasteiger partial charge on any atom is -0.370 e. The van der Waals surface area contributed by atoms with Crippen molar-refractivity contribution in [3.63, 3.8) is 0 Å². The van der Waals surface area contributed by atoms with Crippen LogP contribution in [0.4, 0.5) is 23.3 Å². The number of fused-ring (bicyclic) bond motifs is 3. The van der Waals surface area contributed by atoms with Crippen LogP contribution in [0.2, 0.25) is 0 Å². The number of aromatic amines is 1. The number of hydrogen-bond donors (Lipinski definition) is 3. The Morgan fingerprint density at radius 1 is 1.15 bits per heavy atom. The highest BCUT2D eigenvalue weighted by atomic mass is 15.3. The van der Waals surface area contributed by atoms with Gasteiger partial charge < -0.3 is 15.5 Å². The Morgan fingerprint density at radius 2 is 2.00 bits per heavy atom. The number of aromatic nitrogens is 5. The molecule has 10 heteroatoms. The van der Waals surface area contributed by atoms with Gasteiger partial charge in [0.2, 0.25) is 5.95 Å². The van der Waals surface area contributed by atoms with Crippen molar-refractivity contribution in [2.75, 3.05) is 29.1 Å². The Labute approximate surface area is 228 Å². The van der Waals surface area contributed by atoms with Gasteiger partial charge in [-0.05, 0) is 62.4 Å². The topological polar surface area (TPSA) is 122 Å². The van der Waals surface area contributed by atoms with Crippen LogP contribution in [-0.2, 0) is 6.54 Å². The molecule has 4 aromatic rings. The zero-order valence-corrected chi connectivity index (χ0v) is 22.4. The zero-order chi connectivity index (χ0) is 26.8. The van der Waals surface area contributed by atoms with E-state index in [4.69, 9.17) is 15.2 Å². The van der Waals surface area contributed by atoms with Crippen LogP contribution < -0.4 is 15.5 Å². The lowest BCUT2D eigenvalue weighted by atomic mass is 9.97. The molecule has 0 aliphatic carbocycles. The summed E-state index contributed by atoms with van der Waals surface area (Å²) in [5, 5.41) is 24.4. The highest BCUT2D eigenvalue weighted by Crippen LogP contribution is 2.37. The van der Waals surface area contributed by atoms with Gasteiger partial charge in [0.25, 0.3) is 0 Å². The molecule has 0 amide bonds. The lowest BCUT2D eigenvalue weighted by Crippen LogP contribution is -2.47. The summed E-state index contributed by atoms with van der Waals surface area (Å²) in [5.41, 5.74) is 4.07. The van der Waals surface area contributed by atoms with E-state index in [0.717, 1.165) is 65.4 Å². The van der Waals surface area contributed by atoms with E-state index in [0.29, 0.717) is 30.5 Å². The number of piperidine rings is 1. The Kier molecular flexibility index (Phi) is 6.99. The van der Waals surface area contributed by atoms with E-state index in [1.54, 1.807) is 6.20 Å². The summed E-state index contributed by atoms with van der Waals surface area (Å²) in [7, 11) is 2.08. The molecular weight excluding hydrogens is 488 g/mol. The minimum atomic E-state index is 0.301. The fraction of sp³-hybridized carbons (Fsp3) is 0.414. The van der Waals surface area contributed by atoms with E-state index >= 15 is 0 Å². The van der Waals surface area contributed by atoms with Crippen molar-refractivity contribution < 1.29 is 0 Å². The molecule has 1 aromatic carbocycles. The Bertz CT molecular complexity index is 1460. The quantitative estimate of drug-likeness (QED) is 0.286. The van der Waals surface area contributed by atoms with Crippen LogP contribution >= 0.6 is 0 Å². The fourth-order valence-electron chi connectivity index (χ4n) is 6.09. The molecule has 2 bridgehead atoms. The average molecular weight is 523 g/mol. The van der Waals surface area contributed by atoms with E-state index in [-0.39, 0.29) is 0 Å². The molecular formula is C29H34N10. The number of anilines is 4. The van der Waals surface area contributed by atoms with E-state index < -0.39 is 0 Å². The van der Waals surface area contributed by atoms with Crippen LogP contribution in [-0.4, -0.2) is 61.8 Å². The molecule has 3 aromatic heterocycles. The summed E-state index contributed by atoms with van der Waals surface area (Å²) in [6, 6.07) is 16.0. The van der Waals surface area contributed by atoms with E-state index in [9.17, 15) is 0 Å². The van der Waals surface area contributed by atoms with Gasteiger partial charge in [-0.2, -0.15) is 15.3 Å². The van der Waals surface area contributed by atoms with Gasteiger partial charge in [0.1, 0.15) is 5.82 Å². The first-order valence-corrected chi connectivity index (χ1v) is 13.7. The average Bonchev–Trinajstić information content (AvgIpc) is 3.45. The summed E-state index contributed by atoms with van der Waals surface area (Å²) in [6.45, 7) is 3.60. The molecule has 5 heterocycles. The van der Waals surface area contributed by atoms with Gasteiger partial charge in [0.15, 0.2) is 5.82 Å². The van der Waals surface area contributed by atoms with Crippen molar-refractivity contribution in [2.45, 2.75) is 63.7 Å². The zero-order valence-electron chi connectivity index (χ0n) is 22.4. The van der Waals surface area contributed by atoms with Crippen molar-refractivity contribution in [3.8, 4) is 6.07 Å². The summed E-state index contributed by atoms with van der Waals surface area (Å²) in [4.78, 5) is 18.9. The molecule has 2 atom stereocenters.